The standard InChI is InChI=1S/C41H48ClFN10O6/c1-23-19-52(41-45-18-29(42)37(49-41)46-27-8-10-31-26(16-27)17-33(40(58)50(31)4)59-22-35(55)44-3)20-24(2)53(23)21-25-12-14-51(15-13-25)32-7-5-6-28(36(32)43)38(56)47-30-9-11-34(54)48-39(30)57/h5-8,10,16-18,23-25,30H,9,11-15,19-22H2,1-4H3,(H,44,55)(H,47,56)(H,45,46,49)(H,48,54,57)/t23-,24+,30?. The van der Waals surface area contributed by atoms with Crippen molar-refractivity contribution in [3.8, 4) is 5.75 Å². The molecule has 4 N–H and O–H groups in total. The number of benzene rings is 2. The van der Waals surface area contributed by atoms with Crippen LogP contribution in [0.1, 0.15) is 49.9 Å². The highest BCUT2D eigenvalue weighted by Gasteiger charge is 2.34. The van der Waals surface area contributed by atoms with Crippen molar-refractivity contribution in [2.75, 3.05) is 61.5 Å². The van der Waals surface area contributed by atoms with Crippen molar-refractivity contribution in [1.29, 1.82) is 0 Å². The van der Waals surface area contributed by atoms with Crippen LogP contribution in [-0.4, -0.2) is 108 Å². The molecule has 2 aromatic heterocycles. The summed E-state index contributed by atoms with van der Waals surface area (Å²) in [5.41, 5.74) is 1.24. The zero-order valence-corrected chi connectivity index (χ0v) is 34.1. The third-order valence-electron chi connectivity index (χ3n) is 11.4. The number of anilines is 4. The summed E-state index contributed by atoms with van der Waals surface area (Å²) in [6.07, 6.45) is 3.58. The van der Waals surface area contributed by atoms with Crippen molar-refractivity contribution in [2.45, 2.75) is 57.7 Å². The van der Waals surface area contributed by atoms with Gasteiger partial charge in [-0.25, -0.2) is 9.37 Å². The Morgan fingerprint density at radius 1 is 1.02 bits per heavy atom. The molecule has 1 unspecified atom stereocenters. The minimum absolute atomic E-state index is 0.0609. The molecule has 16 nitrogen and oxygen atoms in total. The number of carbonyl (C=O) groups is 4. The molecule has 0 saturated carbocycles. The van der Waals surface area contributed by atoms with Crippen LogP contribution in [0.2, 0.25) is 5.02 Å². The normalized spacial score (nSPS) is 20.3. The van der Waals surface area contributed by atoms with E-state index in [4.69, 9.17) is 21.3 Å². The van der Waals surface area contributed by atoms with E-state index in [0.717, 1.165) is 19.4 Å². The van der Waals surface area contributed by atoms with Gasteiger partial charge < -0.3 is 35.1 Å². The number of nitrogens with zero attached hydrogens (tertiary/aromatic N) is 6. The minimum Gasteiger partial charge on any atom is -0.478 e. The van der Waals surface area contributed by atoms with Gasteiger partial charge in [-0.2, -0.15) is 4.98 Å². The molecule has 3 fully saturated rings. The molecule has 4 aromatic rings. The van der Waals surface area contributed by atoms with Gasteiger partial charge in [0.2, 0.25) is 17.8 Å². The third kappa shape index (κ3) is 9.10. The zero-order valence-electron chi connectivity index (χ0n) is 33.4. The second-order valence-electron chi connectivity index (χ2n) is 15.4. The maximum atomic E-state index is 15.8. The summed E-state index contributed by atoms with van der Waals surface area (Å²) in [5.74, 6) is -1.19. The number of fused-ring (bicyclic) bond motifs is 1. The summed E-state index contributed by atoms with van der Waals surface area (Å²) in [7, 11) is 3.14. The molecule has 18 heteroatoms. The van der Waals surface area contributed by atoms with Crippen molar-refractivity contribution in [3.05, 3.63) is 75.4 Å². The Kier molecular flexibility index (Phi) is 12.3. The van der Waals surface area contributed by atoms with E-state index in [0.29, 0.717) is 71.2 Å². The lowest BCUT2D eigenvalue weighted by molar-refractivity contribution is -0.134. The predicted octanol–water partition coefficient (Wildman–Crippen LogP) is 3.34. The van der Waals surface area contributed by atoms with Crippen LogP contribution in [0.5, 0.6) is 5.75 Å². The van der Waals surface area contributed by atoms with E-state index in [1.54, 1.807) is 31.4 Å². The second-order valence-corrected chi connectivity index (χ2v) is 15.9. The summed E-state index contributed by atoms with van der Waals surface area (Å²) >= 11 is 6.59. The third-order valence-corrected chi connectivity index (χ3v) is 11.7. The summed E-state index contributed by atoms with van der Waals surface area (Å²) < 4.78 is 22.7. The van der Waals surface area contributed by atoms with Crippen LogP contribution < -0.4 is 41.4 Å². The topological polar surface area (TPSA) is 183 Å². The first-order valence-corrected chi connectivity index (χ1v) is 20.1. The van der Waals surface area contributed by atoms with Crippen LogP contribution in [0.25, 0.3) is 10.9 Å². The quantitative estimate of drug-likeness (QED) is 0.162. The summed E-state index contributed by atoms with van der Waals surface area (Å²) in [5, 5.41) is 11.6. The number of hydrogen-bond acceptors (Lipinski definition) is 12. The van der Waals surface area contributed by atoms with Gasteiger partial charge in [-0.1, -0.05) is 17.7 Å². The Bertz CT molecular complexity index is 2320. The number of piperazine rings is 1. The van der Waals surface area contributed by atoms with Crippen molar-refractivity contribution >= 4 is 69.3 Å². The van der Waals surface area contributed by atoms with Crippen molar-refractivity contribution in [1.82, 2.24) is 35.4 Å². The van der Waals surface area contributed by atoms with E-state index >= 15 is 4.39 Å². The number of aryl methyl sites for hydroxylation is 1. The van der Waals surface area contributed by atoms with Crippen LogP contribution in [0.15, 0.2) is 53.5 Å². The molecular formula is C41H48ClFN10O6. The molecule has 3 aliphatic rings. The Morgan fingerprint density at radius 2 is 1.76 bits per heavy atom. The van der Waals surface area contributed by atoms with Gasteiger partial charge in [0.15, 0.2) is 24.0 Å². The maximum Gasteiger partial charge on any atom is 0.293 e. The monoisotopic (exact) mass is 830 g/mol. The number of hydrogen-bond donors (Lipinski definition) is 4. The van der Waals surface area contributed by atoms with Crippen LogP contribution in [-0.2, 0) is 21.4 Å². The summed E-state index contributed by atoms with van der Waals surface area (Å²) in [6, 6.07) is 11.3. The fourth-order valence-electron chi connectivity index (χ4n) is 8.13. The first-order valence-electron chi connectivity index (χ1n) is 19.7. The van der Waals surface area contributed by atoms with Crippen molar-refractivity contribution < 1.29 is 28.3 Å². The highest BCUT2D eigenvalue weighted by atomic mass is 35.5. The molecular weight excluding hydrogens is 783 g/mol. The van der Waals surface area contributed by atoms with Crippen LogP contribution in [0.3, 0.4) is 0 Å². The maximum absolute atomic E-state index is 15.8. The Hall–Kier alpha value is -5.81. The highest BCUT2D eigenvalue weighted by Crippen LogP contribution is 2.32. The number of nitrogens with one attached hydrogen (secondary N) is 4. The number of aromatic nitrogens is 3. The number of halogens is 2. The zero-order chi connectivity index (χ0) is 42.0. The van der Waals surface area contributed by atoms with Gasteiger partial charge in [-0.15, -0.1) is 0 Å². The van der Waals surface area contributed by atoms with E-state index in [1.165, 1.54) is 17.7 Å². The van der Waals surface area contributed by atoms with E-state index in [-0.39, 0.29) is 60.2 Å². The predicted molar refractivity (Wildman–Crippen MR) is 222 cm³/mol. The van der Waals surface area contributed by atoms with Gasteiger partial charge >= 0.3 is 0 Å². The van der Waals surface area contributed by atoms with Gasteiger partial charge in [-0.3, -0.25) is 34.2 Å². The molecule has 5 heterocycles. The summed E-state index contributed by atoms with van der Waals surface area (Å²) in [4.78, 5) is 77.2. The molecule has 4 amide bonds. The van der Waals surface area contributed by atoms with Crippen molar-refractivity contribution in [3.63, 3.8) is 0 Å². The van der Waals surface area contributed by atoms with Gasteiger partial charge in [0, 0.05) is 76.4 Å². The Labute approximate surface area is 345 Å². The van der Waals surface area contributed by atoms with Gasteiger partial charge in [0.05, 0.1) is 23.0 Å². The van der Waals surface area contributed by atoms with Crippen LogP contribution >= 0.6 is 11.6 Å². The molecule has 3 aliphatic heterocycles. The minimum atomic E-state index is -0.888. The molecule has 2 aromatic carbocycles. The smallest absolute Gasteiger partial charge is 0.293 e. The Morgan fingerprint density at radius 3 is 2.47 bits per heavy atom. The van der Waals surface area contributed by atoms with E-state index in [2.05, 4.69) is 49.9 Å². The molecule has 3 saturated heterocycles. The fourth-order valence-corrected chi connectivity index (χ4v) is 8.26. The second kappa shape index (κ2) is 17.6. The first-order chi connectivity index (χ1) is 28.3. The molecule has 0 spiro atoms. The largest absolute Gasteiger partial charge is 0.478 e. The molecule has 0 radical (unpaired) electrons. The first kappa shape index (κ1) is 41.4. The molecule has 312 valence electrons. The number of ether oxygens (including phenoxy) is 1. The van der Waals surface area contributed by atoms with E-state index < -0.39 is 23.7 Å². The molecule has 3 atom stereocenters. The number of piperidine rings is 2. The lowest BCUT2D eigenvalue weighted by Crippen LogP contribution is -2.58. The number of pyridine rings is 1. The van der Waals surface area contributed by atoms with E-state index in [9.17, 15) is 24.0 Å². The summed E-state index contributed by atoms with van der Waals surface area (Å²) in [6.45, 7) is 7.68. The number of imide groups is 1. The SMILES string of the molecule is CNC(=O)COc1cc2cc(Nc3nc(N4C[C@@H](C)N(CC5CCN(c6cccc(C(=O)NC7CCC(=O)NC7=O)c6F)CC5)[C@@H](C)C4)ncc3Cl)ccc2n(C)c1=O. The van der Waals surface area contributed by atoms with Gasteiger partial charge in [-0.05, 0) is 75.4 Å². The number of carbonyl (C=O) groups excluding carboxylic acids is 4. The van der Waals surface area contributed by atoms with Gasteiger partial charge in [0.25, 0.3) is 17.4 Å². The van der Waals surface area contributed by atoms with E-state index in [1.807, 2.05) is 23.1 Å². The number of rotatable bonds is 11. The van der Waals surface area contributed by atoms with Crippen LogP contribution in [0, 0.1) is 11.7 Å². The molecule has 7 rings (SSSR count). The van der Waals surface area contributed by atoms with Crippen LogP contribution in [0.4, 0.5) is 27.5 Å². The van der Waals surface area contributed by atoms with Gasteiger partial charge in [0.1, 0.15) is 11.1 Å². The number of amides is 4. The fraction of sp³-hybridized carbons (Fsp3) is 0.439. The lowest BCUT2D eigenvalue weighted by atomic mass is 9.93. The van der Waals surface area contributed by atoms with Crippen molar-refractivity contribution in [2.24, 2.45) is 13.0 Å². The average molecular weight is 831 g/mol. The number of likely N-dealkylation sites (N-methyl/N-ethyl adjacent to an activating group) is 1. The Balaban J connectivity index is 0.952. The molecule has 59 heavy (non-hydrogen) atoms. The average Bonchev–Trinajstić information content (AvgIpc) is 3.22. The lowest BCUT2D eigenvalue weighted by Gasteiger charge is -2.46. The highest BCUT2D eigenvalue weighted by molar-refractivity contribution is 6.33. The molecule has 0 bridgehead atoms. The molecule has 0 aliphatic carbocycles.